The van der Waals surface area contributed by atoms with Crippen LogP contribution in [0, 0.1) is 0 Å². The van der Waals surface area contributed by atoms with Crippen LogP contribution in [0.2, 0.25) is 0 Å². The van der Waals surface area contributed by atoms with Crippen molar-refractivity contribution >= 4 is 23.4 Å². The summed E-state index contributed by atoms with van der Waals surface area (Å²) in [5, 5.41) is 3.74. The van der Waals surface area contributed by atoms with Gasteiger partial charge in [-0.05, 0) is 50.5 Å². The van der Waals surface area contributed by atoms with Crippen LogP contribution in [0.15, 0.2) is 24.3 Å². The maximum atomic E-state index is 12.5. The van der Waals surface area contributed by atoms with Crippen molar-refractivity contribution in [1.29, 1.82) is 0 Å². The normalized spacial score (nSPS) is 17.0. The summed E-state index contributed by atoms with van der Waals surface area (Å²) in [6, 6.07) is 7.60. The van der Waals surface area contributed by atoms with Gasteiger partial charge in [-0.2, -0.15) is 0 Å². The topological polar surface area (TPSA) is 38.3 Å². The first-order valence-corrected chi connectivity index (χ1v) is 9.36. The van der Waals surface area contributed by atoms with Crippen LogP contribution in [0.3, 0.4) is 0 Å². The molecule has 122 valence electrons. The van der Waals surface area contributed by atoms with E-state index in [4.69, 9.17) is 4.74 Å². The van der Waals surface area contributed by atoms with E-state index in [9.17, 15) is 4.79 Å². The summed E-state index contributed by atoms with van der Waals surface area (Å²) < 4.78 is 5.42. The molecule has 1 aliphatic carbocycles. The van der Waals surface area contributed by atoms with E-state index in [1.54, 1.807) is 0 Å². The van der Waals surface area contributed by atoms with Crippen LogP contribution in [-0.2, 0) is 4.79 Å². The highest BCUT2D eigenvalue weighted by molar-refractivity contribution is 8.01. The van der Waals surface area contributed by atoms with Gasteiger partial charge in [0.2, 0.25) is 5.91 Å². The highest BCUT2D eigenvalue weighted by atomic mass is 32.2. The maximum Gasteiger partial charge on any atom is 0.237 e. The quantitative estimate of drug-likeness (QED) is 0.778. The highest BCUT2D eigenvalue weighted by Gasteiger charge is 2.23. The van der Waals surface area contributed by atoms with Crippen LogP contribution < -0.4 is 10.1 Å². The van der Waals surface area contributed by atoms with Crippen molar-refractivity contribution in [3.63, 3.8) is 0 Å². The van der Waals surface area contributed by atoms with E-state index in [-0.39, 0.29) is 11.2 Å². The van der Waals surface area contributed by atoms with Crippen molar-refractivity contribution in [1.82, 2.24) is 0 Å². The molecule has 1 aromatic rings. The molecule has 1 unspecified atom stereocenters. The summed E-state index contributed by atoms with van der Waals surface area (Å²) in [6.07, 6.45) is 7.38. The lowest BCUT2D eigenvalue weighted by molar-refractivity contribution is -0.115. The summed E-state index contributed by atoms with van der Waals surface area (Å²) in [5.74, 6) is 0.964. The van der Waals surface area contributed by atoms with Crippen LogP contribution in [0.4, 0.5) is 5.69 Å². The van der Waals surface area contributed by atoms with Gasteiger partial charge in [0.25, 0.3) is 0 Å². The van der Waals surface area contributed by atoms with Gasteiger partial charge in [0.05, 0.1) is 11.9 Å². The zero-order valence-corrected chi connectivity index (χ0v) is 14.5. The summed E-state index contributed by atoms with van der Waals surface area (Å²) in [6.45, 7) is 4.71. The Hall–Kier alpha value is -1.16. The van der Waals surface area contributed by atoms with Gasteiger partial charge >= 0.3 is 0 Å². The molecule has 0 bridgehead atoms. The maximum absolute atomic E-state index is 12.5. The molecule has 1 aromatic carbocycles. The second-order valence-electron chi connectivity index (χ2n) is 5.74. The van der Waals surface area contributed by atoms with Crippen molar-refractivity contribution in [2.45, 2.75) is 62.9 Å². The number of anilines is 1. The fraction of sp³-hybridized carbons (Fsp3) is 0.611. The van der Waals surface area contributed by atoms with Crippen molar-refractivity contribution in [2.24, 2.45) is 0 Å². The molecule has 4 heteroatoms. The lowest BCUT2D eigenvalue weighted by Crippen LogP contribution is -2.27. The summed E-state index contributed by atoms with van der Waals surface area (Å²) in [4.78, 5) is 12.5. The minimum atomic E-state index is 0.0506. The van der Waals surface area contributed by atoms with Gasteiger partial charge in [0.1, 0.15) is 5.75 Å². The summed E-state index contributed by atoms with van der Waals surface area (Å²) in [7, 11) is 0. The Balaban J connectivity index is 1.87. The van der Waals surface area contributed by atoms with Gasteiger partial charge < -0.3 is 10.1 Å². The number of carbonyl (C=O) groups excluding carboxylic acids is 1. The van der Waals surface area contributed by atoms with Crippen LogP contribution in [0.25, 0.3) is 0 Å². The first-order chi connectivity index (χ1) is 10.7. The molecule has 0 saturated heterocycles. The van der Waals surface area contributed by atoms with E-state index < -0.39 is 0 Å². The van der Waals surface area contributed by atoms with Gasteiger partial charge in [0, 0.05) is 10.9 Å². The predicted octanol–water partition coefficient (Wildman–Crippen LogP) is 4.87. The van der Waals surface area contributed by atoms with Crippen LogP contribution >= 0.6 is 11.8 Å². The molecule has 3 nitrogen and oxygen atoms in total. The molecule has 0 radical (unpaired) electrons. The van der Waals surface area contributed by atoms with Crippen molar-refractivity contribution in [3.8, 4) is 5.75 Å². The Morgan fingerprint density at radius 3 is 2.50 bits per heavy atom. The molecule has 0 heterocycles. The monoisotopic (exact) mass is 321 g/mol. The Morgan fingerprint density at radius 2 is 1.91 bits per heavy atom. The average Bonchev–Trinajstić information content (AvgIpc) is 2.55. The molecule has 22 heavy (non-hydrogen) atoms. The zero-order valence-electron chi connectivity index (χ0n) is 13.6. The summed E-state index contributed by atoms with van der Waals surface area (Å²) >= 11 is 1.87. The van der Waals surface area contributed by atoms with Crippen molar-refractivity contribution in [3.05, 3.63) is 24.3 Å². The Labute approximate surface area is 138 Å². The van der Waals surface area contributed by atoms with E-state index in [1.165, 1.54) is 32.1 Å². The number of rotatable bonds is 7. The van der Waals surface area contributed by atoms with Crippen LogP contribution in [0.5, 0.6) is 5.75 Å². The fourth-order valence-electron chi connectivity index (χ4n) is 2.80. The number of nitrogens with one attached hydrogen (secondary N) is 1. The molecule has 1 fully saturated rings. The molecular formula is C18H27NO2S. The van der Waals surface area contributed by atoms with E-state index in [0.717, 1.165) is 17.9 Å². The number of benzene rings is 1. The summed E-state index contributed by atoms with van der Waals surface area (Å²) in [5.41, 5.74) is 0.844. The molecule has 0 aliphatic heterocycles. The first-order valence-electron chi connectivity index (χ1n) is 8.42. The van der Waals surface area contributed by atoms with E-state index in [0.29, 0.717) is 11.9 Å². The minimum Gasteiger partial charge on any atom is -0.494 e. The molecule has 1 atom stereocenters. The minimum absolute atomic E-state index is 0.0506. The van der Waals surface area contributed by atoms with Crippen molar-refractivity contribution in [2.75, 3.05) is 11.9 Å². The third kappa shape index (κ3) is 5.24. The molecule has 1 aliphatic rings. The predicted molar refractivity (Wildman–Crippen MR) is 94.8 cm³/mol. The number of hydrogen-bond donors (Lipinski definition) is 1. The van der Waals surface area contributed by atoms with Gasteiger partial charge in [0.15, 0.2) is 0 Å². The van der Waals surface area contributed by atoms with Crippen LogP contribution in [0.1, 0.15) is 52.4 Å². The Kier molecular flexibility index (Phi) is 7.10. The SMILES string of the molecule is CCOc1ccc(NC(=O)C(CC)SC2CCCCC2)cc1. The first kappa shape index (κ1) is 17.2. The number of carbonyl (C=O) groups is 1. The van der Waals surface area contributed by atoms with E-state index in [1.807, 2.05) is 43.0 Å². The Bertz CT molecular complexity index is 455. The van der Waals surface area contributed by atoms with Crippen molar-refractivity contribution < 1.29 is 9.53 Å². The largest absolute Gasteiger partial charge is 0.494 e. The highest BCUT2D eigenvalue weighted by Crippen LogP contribution is 2.32. The lowest BCUT2D eigenvalue weighted by atomic mass is 10.0. The van der Waals surface area contributed by atoms with E-state index in [2.05, 4.69) is 12.2 Å². The second-order valence-corrected chi connectivity index (χ2v) is 7.25. The fourth-order valence-corrected chi connectivity index (χ4v) is 4.25. The third-order valence-electron chi connectivity index (χ3n) is 4.00. The molecule has 2 rings (SSSR count). The van der Waals surface area contributed by atoms with Gasteiger partial charge in [-0.3, -0.25) is 4.79 Å². The second kappa shape index (κ2) is 9.09. The van der Waals surface area contributed by atoms with Gasteiger partial charge in [-0.15, -0.1) is 11.8 Å². The standard InChI is InChI=1S/C18H27NO2S/c1-3-17(22-16-8-6-5-7-9-16)18(20)19-14-10-12-15(13-11-14)21-4-2/h10-13,16-17H,3-9H2,1-2H3,(H,19,20). The van der Waals surface area contributed by atoms with Crippen LogP contribution in [-0.4, -0.2) is 23.0 Å². The molecule has 1 amide bonds. The Morgan fingerprint density at radius 1 is 1.23 bits per heavy atom. The molecule has 1 saturated carbocycles. The molecule has 0 aromatic heterocycles. The van der Waals surface area contributed by atoms with Gasteiger partial charge in [-0.1, -0.05) is 26.2 Å². The van der Waals surface area contributed by atoms with Gasteiger partial charge in [-0.25, -0.2) is 0 Å². The molecular weight excluding hydrogens is 294 g/mol. The number of ether oxygens (including phenoxy) is 1. The number of hydrogen-bond acceptors (Lipinski definition) is 3. The zero-order chi connectivity index (χ0) is 15.8. The average molecular weight is 321 g/mol. The third-order valence-corrected chi connectivity index (χ3v) is 5.74. The number of thioether (sulfide) groups is 1. The van der Waals surface area contributed by atoms with E-state index >= 15 is 0 Å². The molecule has 1 N–H and O–H groups in total. The number of amides is 1. The lowest BCUT2D eigenvalue weighted by Gasteiger charge is -2.25. The molecule has 0 spiro atoms. The smallest absolute Gasteiger partial charge is 0.237 e.